The van der Waals surface area contributed by atoms with Crippen molar-refractivity contribution in [2.75, 3.05) is 0 Å². The third-order valence-corrected chi connectivity index (χ3v) is 4.48. The van der Waals surface area contributed by atoms with E-state index in [1.54, 1.807) is 19.2 Å². The minimum Gasteiger partial charge on any atom is -0.349 e. The van der Waals surface area contributed by atoms with Crippen LogP contribution in [0.5, 0.6) is 0 Å². The molecule has 1 aromatic carbocycles. The van der Waals surface area contributed by atoms with E-state index in [0.717, 1.165) is 5.65 Å². The van der Waals surface area contributed by atoms with Crippen molar-refractivity contribution in [2.24, 2.45) is 7.05 Å². The molecule has 0 bridgehead atoms. The Morgan fingerprint density at radius 1 is 1.07 bits per heavy atom. The van der Waals surface area contributed by atoms with Gasteiger partial charge in [-0.05, 0) is 24.3 Å². The lowest BCUT2D eigenvalue weighted by atomic mass is 10.2. The van der Waals surface area contributed by atoms with Crippen molar-refractivity contribution in [1.29, 1.82) is 0 Å². The maximum absolute atomic E-state index is 12.4. The van der Waals surface area contributed by atoms with Gasteiger partial charge in [-0.3, -0.25) is 18.6 Å². The average Bonchev–Trinajstić information content (AvgIpc) is 3.11. The van der Waals surface area contributed by atoms with Gasteiger partial charge in [0.05, 0.1) is 17.4 Å². The molecule has 0 fully saturated rings. The zero-order chi connectivity index (χ0) is 18.8. The first-order chi connectivity index (χ1) is 13.1. The van der Waals surface area contributed by atoms with Crippen LogP contribution in [0, 0.1) is 0 Å². The number of hydrogen-bond donors (Lipinski definition) is 1. The zero-order valence-electron chi connectivity index (χ0n) is 14.8. The number of pyridine rings is 1. The van der Waals surface area contributed by atoms with Crippen molar-refractivity contribution in [1.82, 2.24) is 29.5 Å². The predicted octanol–water partition coefficient (Wildman–Crippen LogP) is 1.23. The molecule has 0 unspecified atom stereocenters. The molecule has 4 rings (SSSR count). The first-order valence-corrected chi connectivity index (χ1v) is 8.63. The van der Waals surface area contributed by atoms with Crippen molar-refractivity contribution in [3.63, 3.8) is 0 Å². The van der Waals surface area contributed by atoms with Crippen molar-refractivity contribution in [3.8, 4) is 0 Å². The molecule has 0 aliphatic carbocycles. The van der Waals surface area contributed by atoms with Gasteiger partial charge in [0, 0.05) is 26.1 Å². The van der Waals surface area contributed by atoms with Crippen LogP contribution in [0.1, 0.15) is 18.1 Å². The van der Waals surface area contributed by atoms with Crippen molar-refractivity contribution in [2.45, 2.75) is 19.4 Å². The van der Waals surface area contributed by atoms with E-state index in [0.29, 0.717) is 29.0 Å². The van der Waals surface area contributed by atoms with Gasteiger partial charge in [-0.2, -0.15) is 0 Å². The minimum atomic E-state index is -0.134. The van der Waals surface area contributed by atoms with E-state index in [1.165, 1.54) is 4.57 Å². The van der Waals surface area contributed by atoms with Crippen molar-refractivity contribution >= 4 is 22.5 Å². The lowest BCUT2D eigenvalue weighted by Gasteiger charge is -2.09. The minimum absolute atomic E-state index is 0.106. The third kappa shape index (κ3) is 3.29. The van der Waals surface area contributed by atoms with Gasteiger partial charge in [-0.1, -0.05) is 18.2 Å². The molecule has 1 N–H and O–H groups in total. The van der Waals surface area contributed by atoms with Crippen LogP contribution in [0.2, 0.25) is 0 Å². The summed E-state index contributed by atoms with van der Waals surface area (Å²) in [4.78, 5) is 29.1. The van der Waals surface area contributed by atoms with E-state index in [4.69, 9.17) is 0 Å². The van der Waals surface area contributed by atoms with Gasteiger partial charge < -0.3 is 5.32 Å². The highest BCUT2D eigenvalue weighted by atomic mass is 16.1. The van der Waals surface area contributed by atoms with Crippen LogP contribution < -0.4 is 10.9 Å². The van der Waals surface area contributed by atoms with Gasteiger partial charge in [-0.15, -0.1) is 10.2 Å². The number of benzene rings is 1. The third-order valence-electron chi connectivity index (χ3n) is 4.48. The molecule has 0 radical (unpaired) electrons. The molecule has 4 aromatic rings. The number of nitrogens with zero attached hydrogens (tertiary/aromatic N) is 5. The second-order valence-electron chi connectivity index (χ2n) is 6.23. The smallest absolute Gasteiger partial charge is 0.261 e. The Morgan fingerprint density at radius 2 is 1.89 bits per heavy atom. The fourth-order valence-electron chi connectivity index (χ4n) is 2.99. The van der Waals surface area contributed by atoms with Crippen LogP contribution in [0.25, 0.3) is 16.6 Å². The summed E-state index contributed by atoms with van der Waals surface area (Å²) in [5.74, 6) is 1.11. The van der Waals surface area contributed by atoms with E-state index in [9.17, 15) is 9.59 Å². The molecular weight excluding hydrogens is 344 g/mol. The first kappa shape index (κ1) is 16.9. The van der Waals surface area contributed by atoms with Crippen LogP contribution in [-0.2, 0) is 24.8 Å². The van der Waals surface area contributed by atoms with E-state index in [1.807, 2.05) is 40.9 Å². The normalized spacial score (nSPS) is 11.1. The Balaban J connectivity index is 1.43. The maximum Gasteiger partial charge on any atom is 0.261 e. The lowest BCUT2D eigenvalue weighted by Crippen LogP contribution is -2.26. The van der Waals surface area contributed by atoms with Gasteiger partial charge in [-0.25, -0.2) is 4.98 Å². The fraction of sp³-hybridized carbons (Fsp3) is 0.211. The Labute approximate surface area is 154 Å². The van der Waals surface area contributed by atoms with E-state index >= 15 is 0 Å². The topological polar surface area (TPSA) is 94.2 Å². The summed E-state index contributed by atoms with van der Waals surface area (Å²) in [6.45, 7) is 0.286. The number of fused-ring (bicyclic) bond motifs is 2. The second kappa shape index (κ2) is 6.99. The van der Waals surface area contributed by atoms with E-state index in [-0.39, 0.29) is 24.4 Å². The first-order valence-electron chi connectivity index (χ1n) is 8.63. The summed E-state index contributed by atoms with van der Waals surface area (Å²) in [6, 6.07) is 12.8. The Morgan fingerprint density at radius 3 is 2.78 bits per heavy atom. The number of nitrogens with one attached hydrogen (secondary N) is 1. The SMILES string of the molecule is Cn1c(CCC(=O)NCc2nnc3ccccn23)nc2ccccc2c1=O. The molecule has 0 saturated heterocycles. The van der Waals surface area contributed by atoms with Crippen LogP contribution in [0.15, 0.2) is 53.5 Å². The van der Waals surface area contributed by atoms with Crippen LogP contribution >= 0.6 is 0 Å². The van der Waals surface area contributed by atoms with E-state index in [2.05, 4.69) is 20.5 Å². The van der Waals surface area contributed by atoms with Crippen LogP contribution in [0.3, 0.4) is 0 Å². The van der Waals surface area contributed by atoms with Gasteiger partial charge in [0.15, 0.2) is 11.5 Å². The molecule has 0 atom stereocenters. The average molecular weight is 362 g/mol. The molecule has 0 saturated carbocycles. The summed E-state index contributed by atoms with van der Waals surface area (Å²) in [5.41, 5.74) is 1.27. The number of rotatable bonds is 5. The Kier molecular flexibility index (Phi) is 4.37. The molecule has 27 heavy (non-hydrogen) atoms. The highest BCUT2D eigenvalue weighted by molar-refractivity contribution is 5.78. The van der Waals surface area contributed by atoms with Crippen LogP contribution in [0.4, 0.5) is 0 Å². The monoisotopic (exact) mass is 362 g/mol. The molecular formula is C19H18N6O2. The lowest BCUT2D eigenvalue weighted by molar-refractivity contribution is -0.121. The number of aryl methyl sites for hydroxylation is 1. The highest BCUT2D eigenvalue weighted by Gasteiger charge is 2.11. The molecule has 0 spiro atoms. The van der Waals surface area contributed by atoms with E-state index < -0.39 is 0 Å². The van der Waals surface area contributed by atoms with Gasteiger partial charge in [0.25, 0.3) is 5.56 Å². The Hall–Kier alpha value is -3.55. The maximum atomic E-state index is 12.4. The standard InChI is InChI=1S/C19H18N6O2/c1-24-15(21-14-7-3-2-6-13(14)19(24)27)9-10-18(26)20-12-17-23-22-16-8-4-5-11-25(16)17/h2-8,11H,9-10,12H2,1H3,(H,20,26). The molecule has 8 heteroatoms. The summed E-state index contributed by atoms with van der Waals surface area (Å²) in [6.07, 6.45) is 2.46. The fourth-order valence-corrected chi connectivity index (χ4v) is 2.99. The van der Waals surface area contributed by atoms with Gasteiger partial charge >= 0.3 is 0 Å². The quantitative estimate of drug-likeness (QED) is 0.576. The zero-order valence-corrected chi connectivity index (χ0v) is 14.8. The molecule has 1 amide bonds. The number of carbonyl (C=O) groups excluding carboxylic acids is 1. The summed E-state index contributed by atoms with van der Waals surface area (Å²) in [5, 5.41) is 11.6. The number of para-hydroxylation sites is 1. The molecule has 3 aromatic heterocycles. The van der Waals surface area contributed by atoms with Gasteiger partial charge in [0.1, 0.15) is 5.82 Å². The number of amides is 1. The summed E-state index contributed by atoms with van der Waals surface area (Å²) in [7, 11) is 1.68. The molecule has 136 valence electrons. The van der Waals surface area contributed by atoms with Gasteiger partial charge in [0.2, 0.25) is 5.91 Å². The summed E-state index contributed by atoms with van der Waals surface area (Å²) >= 11 is 0. The second-order valence-corrected chi connectivity index (χ2v) is 6.23. The molecule has 3 heterocycles. The number of hydrogen-bond acceptors (Lipinski definition) is 5. The Bertz CT molecular complexity index is 1190. The predicted molar refractivity (Wildman–Crippen MR) is 100 cm³/mol. The largest absolute Gasteiger partial charge is 0.349 e. The highest BCUT2D eigenvalue weighted by Crippen LogP contribution is 2.08. The van der Waals surface area contributed by atoms with Crippen molar-refractivity contribution in [3.05, 3.63) is 70.7 Å². The molecule has 0 aliphatic rings. The number of aromatic nitrogens is 5. The number of carbonyl (C=O) groups is 1. The molecule has 8 nitrogen and oxygen atoms in total. The van der Waals surface area contributed by atoms with Crippen LogP contribution in [-0.4, -0.2) is 30.1 Å². The summed E-state index contributed by atoms with van der Waals surface area (Å²) < 4.78 is 3.33. The van der Waals surface area contributed by atoms with Crippen molar-refractivity contribution < 1.29 is 4.79 Å². The molecule has 0 aliphatic heterocycles.